The van der Waals surface area contributed by atoms with Crippen molar-refractivity contribution in [1.29, 1.82) is 0 Å². The van der Waals surface area contributed by atoms with Crippen molar-refractivity contribution in [2.45, 2.75) is 20.4 Å². The Morgan fingerprint density at radius 3 is 2.39 bits per heavy atom. The average molecular weight is 376 g/mol. The Bertz CT molecular complexity index is 946. The summed E-state index contributed by atoms with van der Waals surface area (Å²) >= 11 is 0. The fourth-order valence-corrected chi connectivity index (χ4v) is 2.88. The number of nitrogens with one attached hydrogen (secondary N) is 2. The van der Waals surface area contributed by atoms with Crippen molar-refractivity contribution in [3.8, 4) is 11.3 Å². The van der Waals surface area contributed by atoms with Crippen molar-refractivity contribution < 1.29 is 9.59 Å². The standard InChI is InChI=1S/C22H24N4O2/c1-3-23-20(27)13-24-22(28)19-15-26(14-17-7-5-4-6-8-17)25-21(19)18-11-9-16(2)10-12-18/h4-12,15H,3,13-14H2,1-2H3,(H,23,27)(H,24,28). The van der Waals surface area contributed by atoms with Gasteiger partial charge in [-0.25, -0.2) is 0 Å². The van der Waals surface area contributed by atoms with Crippen molar-refractivity contribution in [3.05, 3.63) is 77.5 Å². The number of amides is 2. The topological polar surface area (TPSA) is 76.0 Å². The van der Waals surface area contributed by atoms with Crippen molar-refractivity contribution in [1.82, 2.24) is 20.4 Å². The molecule has 0 radical (unpaired) electrons. The quantitative estimate of drug-likeness (QED) is 0.666. The minimum atomic E-state index is -0.318. The maximum absolute atomic E-state index is 12.7. The summed E-state index contributed by atoms with van der Waals surface area (Å²) < 4.78 is 1.76. The normalized spacial score (nSPS) is 10.5. The lowest BCUT2D eigenvalue weighted by Gasteiger charge is -2.06. The van der Waals surface area contributed by atoms with E-state index in [2.05, 4.69) is 15.7 Å². The summed E-state index contributed by atoms with van der Waals surface area (Å²) in [7, 11) is 0. The number of rotatable bonds is 7. The van der Waals surface area contributed by atoms with Gasteiger partial charge in [0.15, 0.2) is 0 Å². The van der Waals surface area contributed by atoms with Crippen molar-refractivity contribution in [3.63, 3.8) is 0 Å². The molecule has 0 atom stereocenters. The smallest absolute Gasteiger partial charge is 0.255 e. The first-order valence-corrected chi connectivity index (χ1v) is 9.30. The summed E-state index contributed by atoms with van der Waals surface area (Å²) in [5, 5.41) is 9.99. The third kappa shape index (κ3) is 4.85. The van der Waals surface area contributed by atoms with Gasteiger partial charge in [-0.05, 0) is 19.4 Å². The Labute approximate surface area is 164 Å². The van der Waals surface area contributed by atoms with Gasteiger partial charge in [0.2, 0.25) is 5.91 Å². The predicted octanol–water partition coefficient (Wildman–Crippen LogP) is 2.77. The molecule has 6 heteroatoms. The van der Waals surface area contributed by atoms with E-state index in [1.807, 2.05) is 68.4 Å². The lowest BCUT2D eigenvalue weighted by atomic mass is 10.1. The van der Waals surface area contributed by atoms with E-state index in [-0.39, 0.29) is 18.4 Å². The van der Waals surface area contributed by atoms with Gasteiger partial charge in [-0.15, -0.1) is 0 Å². The van der Waals surface area contributed by atoms with Gasteiger partial charge in [-0.1, -0.05) is 60.2 Å². The Kier molecular flexibility index (Phi) is 6.22. The van der Waals surface area contributed by atoms with Crippen LogP contribution in [0.1, 0.15) is 28.4 Å². The predicted molar refractivity (Wildman–Crippen MR) is 109 cm³/mol. The Morgan fingerprint density at radius 2 is 1.71 bits per heavy atom. The first-order valence-electron chi connectivity index (χ1n) is 9.30. The van der Waals surface area contributed by atoms with Crippen LogP contribution < -0.4 is 10.6 Å². The SMILES string of the molecule is CCNC(=O)CNC(=O)c1cn(Cc2ccccc2)nc1-c1ccc(C)cc1. The molecule has 144 valence electrons. The van der Waals surface area contributed by atoms with Crippen LogP contribution in [-0.2, 0) is 11.3 Å². The number of hydrogen-bond acceptors (Lipinski definition) is 3. The number of aromatic nitrogens is 2. The van der Waals surface area contributed by atoms with Crippen molar-refractivity contribution >= 4 is 11.8 Å². The van der Waals surface area contributed by atoms with E-state index in [1.165, 1.54) is 0 Å². The molecule has 2 amide bonds. The number of carbonyl (C=O) groups excluding carboxylic acids is 2. The van der Waals surface area contributed by atoms with E-state index in [0.29, 0.717) is 24.3 Å². The summed E-state index contributed by atoms with van der Waals surface area (Å²) in [5.41, 5.74) is 4.14. The molecule has 0 saturated heterocycles. The van der Waals surface area contributed by atoms with Gasteiger partial charge in [-0.3, -0.25) is 14.3 Å². The third-order valence-electron chi connectivity index (χ3n) is 4.30. The lowest BCUT2D eigenvalue weighted by Crippen LogP contribution is -2.36. The largest absolute Gasteiger partial charge is 0.355 e. The highest BCUT2D eigenvalue weighted by molar-refractivity contribution is 6.01. The maximum Gasteiger partial charge on any atom is 0.255 e. The van der Waals surface area contributed by atoms with Crippen LogP contribution in [0.2, 0.25) is 0 Å². The number of nitrogens with zero attached hydrogens (tertiary/aromatic N) is 2. The molecule has 0 bridgehead atoms. The fraction of sp³-hybridized carbons (Fsp3) is 0.227. The minimum absolute atomic E-state index is 0.0656. The van der Waals surface area contributed by atoms with Gasteiger partial charge in [-0.2, -0.15) is 5.10 Å². The monoisotopic (exact) mass is 376 g/mol. The molecule has 0 saturated carbocycles. The number of likely N-dealkylation sites (N-methyl/N-ethyl adjacent to an activating group) is 1. The zero-order valence-electron chi connectivity index (χ0n) is 16.1. The number of benzene rings is 2. The molecule has 3 aromatic rings. The van der Waals surface area contributed by atoms with E-state index < -0.39 is 0 Å². The van der Waals surface area contributed by atoms with Crippen LogP contribution in [0.5, 0.6) is 0 Å². The molecule has 0 spiro atoms. The van der Waals surface area contributed by atoms with E-state index in [1.54, 1.807) is 10.9 Å². The molecule has 2 aromatic carbocycles. The van der Waals surface area contributed by atoms with Gasteiger partial charge in [0.25, 0.3) is 5.91 Å². The third-order valence-corrected chi connectivity index (χ3v) is 4.30. The number of aryl methyl sites for hydroxylation is 1. The molecule has 6 nitrogen and oxygen atoms in total. The van der Waals surface area contributed by atoms with E-state index in [9.17, 15) is 9.59 Å². The zero-order chi connectivity index (χ0) is 19.9. The van der Waals surface area contributed by atoms with Crippen molar-refractivity contribution in [2.24, 2.45) is 0 Å². The second-order valence-corrected chi connectivity index (χ2v) is 6.58. The van der Waals surface area contributed by atoms with Gasteiger partial charge < -0.3 is 10.6 Å². The van der Waals surface area contributed by atoms with Crippen LogP contribution in [0.3, 0.4) is 0 Å². The van der Waals surface area contributed by atoms with Crippen LogP contribution in [-0.4, -0.2) is 34.7 Å². The van der Waals surface area contributed by atoms with Crippen molar-refractivity contribution in [2.75, 3.05) is 13.1 Å². The van der Waals surface area contributed by atoms with Crippen LogP contribution in [0.15, 0.2) is 60.8 Å². The number of hydrogen-bond donors (Lipinski definition) is 2. The molecule has 2 N–H and O–H groups in total. The molecule has 3 rings (SSSR count). The highest BCUT2D eigenvalue weighted by Gasteiger charge is 2.18. The molecular weight excluding hydrogens is 352 g/mol. The molecule has 0 aliphatic rings. The average Bonchev–Trinajstić information content (AvgIpc) is 3.11. The first-order chi connectivity index (χ1) is 13.6. The summed E-state index contributed by atoms with van der Waals surface area (Å²) in [6.45, 7) is 4.87. The molecule has 0 aliphatic carbocycles. The van der Waals surface area contributed by atoms with Crippen LogP contribution >= 0.6 is 0 Å². The number of carbonyl (C=O) groups is 2. The highest BCUT2D eigenvalue weighted by atomic mass is 16.2. The molecule has 0 unspecified atom stereocenters. The van der Waals surface area contributed by atoms with Gasteiger partial charge in [0.05, 0.1) is 18.7 Å². The van der Waals surface area contributed by atoms with Gasteiger partial charge in [0.1, 0.15) is 5.69 Å². The molecule has 0 fully saturated rings. The minimum Gasteiger partial charge on any atom is -0.355 e. The van der Waals surface area contributed by atoms with Gasteiger partial charge in [0, 0.05) is 18.3 Å². The summed E-state index contributed by atoms with van der Waals surface area (Å²) in [4.78, 5) is 24.4. The molecule has 1 heterocycles. The van der Waals surface area contributed by atoms with Gasteiger partial charge >= 0.3 is 0 Å². The molecule has 0 aliphatic heterocycles. The van der Waals surface area contributed by atoms with Crippen LogP contribution in [0.25, 0.3) is 11.3 Å². The second-order valence-electron chi connectivity index (χ2n) is 6.58. The summed E-state index contributed by atoms with van der Waals surface area (Å²) in [5.74, 6) is -0.537. The Balaban J connectivity index is 1.88. The Hall–Kier alpha value is -3.41. The lowest BCUT2D eigenvalue weighted by molar-refractivity contribution is -0.120. The Morgan fingerprint density at radius 1 is 1.00 bits per heavy atom. The zero-order valence-corrected chi connectivity index (χ0v) is 16.1. The second kappa shape index (κ2) is 8.99. The highest BCUT2D eigenvalue weighted by Crippen LogP contribution is 2.23. The van der Waals surface area contributed by atoms with E-state index >= 15 is 0 Å². The van der Waals surface area contributed by atoms with Crippen LogP contribution in [0.4, 0.5) is 0 Å². The first kappa shape index (κ1) is 19.4. The summed E-state index contributed by atoms with van der Waals surface area (Å²) in [6.07, 6.45) is 1.73. The fourth-order valence-electron chi connectivity index (χ4n) is 2.88. The molecular formula is C22H24N4O2. The van der Waals surface area contributed by atoms with E-state index in [0.717, 1.165) is 16.7 Å². The van der Waals surface area contributed by atoms with E-state index in [4.69, 9.17) is 0 Å². The molecule has 28 heavy (non-hydrogen) atoms. The molecule has 1 aromatic heterocycles. The maximum atomic E-state index is 12.7. The summed E-state index contributed by atoms with van der Waals surface area (Å²) in [6, 6.07) is 17.8. The van der Waals surface area contributed by atoms with Crippen LogP contribution in [0, 0.1) is 6.92 Å².